The Morgan fingerprint density at radius 3 is 1.58 bits per heavy atom. The first-order valence-corrected chi connectivity index (χ1v) is 2.67. The molecule has 0 amide bonds. The Hall–Kier alpha value is -0.0797. The Morgan fingerprint density at radius 1 is 0.917 bits per heavy atom. The van der Waals surface area contributed by atoms with Crippen LogP contribution in [0.2, 0.25) is 0 Å². The minimum Gasteiger partial charge on any atom is -0.358 e. The number of rotatable bonds is 1. The zero-order valence-electron chi connectivity index (χ0n) is 7.97. The van der Waals surface area contributed by atoms with Gasteiger partial charge in [0.15, 0.2) is 0 Å². The zero-order chi connectivity index (χ0) is 5.82. The Kier molecular flexibility index (Phi) is 25.5. The van der Waals surface area contributed by atoms with Crippen molar-refractivity contribution in [2.75, 3.05) is 0 Å². The van der Waals surface area contributed by atoms with Crippen molar-refractivity contribution in [1.29, 1.82) is 0 Å². The average Bonchev–Trinajstić information content (AvgIpc) is 1.90. The van der Waals surface area contributed by atoms with Gasteiger partial charge in [-0.15, -0.1) is 0 Å². The van der Waals surface area contributed by atoms with Gasteiger partial charge in [-0.25, -0.2) is 0 Å². The van der Waals surface area contributed by atoms with E-state index in [-0.39, 0.29) is 44.7 Å². The number of hydrogen-bond donors (Lipinski definition) is 1. The molecular weight excluding hydrogens is 331 g/mol. The summed E-state index contributed by atoms with van der Waals surface area (Å²) in [4.78, 5) is 0. The second kappa shape index (κ2) is 13.5. The van der Waals surface area contributed by atoms with E-state index >= 15 is 0 Å². The van der Waals surface area contributed by atoms with Crippen molar-refractivity contribution in [3.8, 4) is 0 Å². The molecule has 74 valence electrons. The molecular formula is C10H18AuN. The topological polar surface area (TPSA) is 26.0 Å². The first-order chi connectivity index (χ1) is 3.93. The van der Waals surface area contributed by atoms with Crippen LogP contribution in [0.5, 0.6) is 0 Å². The van der Waals surface area contributed by atoms with Crippen molar-refractivity contribution in [2.45, 2.75) is 6.54 Å². The van der Waals surface area contributed by atoms with E-state index in [4.69, 9.17) is 5.73 Å². The van der Waals surface area contributed by atoms with Gasteiger partial charge < -0.3 is 28.0 Å². The average molecular weight is 349 g/mol. The van der Waals surface area contributed by atoms with Crippen molar-refractivity contribution in [2.24, 2.45) is 5.73 Å². The van der Waals surface area contributed by atoms with Gasteiger partial charge in [0.05, 0.1) is 0 Å². The molecule has 0 heterocycles. The van der Waals surface area contributed by atoms with Crippen molar-refractivity contribution in [3.05, 3.63) is 58.2 Å². The third kappa shape index (κ3) is 8.02. The predicted octanol–water partition coefficient (Wildman–Crippen LogP) is 2.49. The molecule has 0 aliphatic carbocycles. The minimum absolute atomic E-state index is 0. The Labute approximate surface area is 92.9 Å². The van der Waals surface area contributed by atoms with Crippen LogP contribution in [0.25, 0.3) is 0 Å². The van der Waals surface area contributed by atoms with Crippen LogP contribution in [0.4, 0.5) is 0 Å². The molecule has 12 heavy (non-hydrogen) atoms. The SMILES string of the molecule is NCc1ccccc1.[Au+3].[CH3-].[CH3-].[CH3-]. The van der Waals surface area contributed by atoms with Crippen LogP contribution in [0, 0.1) is 22.3 Å². The van der Waals surface area contributed by atoms with Crippen LogP contribution in [0.15, 0.2) is 30.3 Å². The molecule has 0 aliphatic rings. The fourth-order valence-electron chi connectivity index (χ4n) is 0.614. The molecule has 0 atom stereocenters. The van der Waals surface area contributed by atoms with E-state index in [0.29, 0.717) is 6.54 Å². The van der Waals surface area contributed by atoms with Gasteiger partial charge in [0.1, 0.15) is 0 Å². The molecule has 1 aromatic carbocycles. The zero-order valence-corrected chi connectivity index (χ0v) is 10.1. The molecule has 0 saturated carbocycles. The van der Waals surface area contributed by atoms with E-state index < -0.39 is 0 Å². The normalized spacial score (nSPS) is 6.08. The summed E-state index contributed by atoms with van der Waals surface area (Å²) in [7, 11) is 0. The molecule has 1 nitrogen and oxygen atoms in total. The van der Waals surface area contributed by atoms with E-state index in [1.54, 1.807) is 0 Å². The van der Waals surface area contributed by atoms with Gasteiger partial charge in [-0.1, -0.05) is 30.3 Å². The van der Waals surface area contributed by atoms with Gasteiger partial charge in [0, 0.05) is 6.54 Å². The van der Waals surface area contributed by atoms with Crippen molar-refractivity contribution in [3.63, 3.8) is 0 Å². The van der Waals surface area contributed by atoms with E-state index in [2.05, 4.69) is 0 Å². The summed E-state index contributed by atoms with van der Waals surface area (Å²) in [5, 5.41) is 0. The summed E-state index contributed by atoms with van der Waals surface area (Å²) in [6.45, 7) is 0.640. The fraction of sp³-hybridized carbons (Fsp3) is 0.100. The summed E-state index contributed by atoms with van der Waals surface area (Å²) < 4.78 is 0. The molecule has 1 rings (SSSR count). The molecule has 2 N–H and O–H groups in total. The molecule has 0 aliphatic heterocycles. The largest absolute Gasteiger partial charge is 3.00 e. The monoisotopic (exact) mass is 349 g/mol. The maximum atomic E-state index is 5.35. The molecule has 2 heteroatoms. The number of benzene rings is 1. The van der Waals surface area contributed by atoms with E-state index in [9.17, 15) is 0 Å². The third-order valence-electron chi connectivity index (χ3n) is 1.08. The molecule has 0 unspecified atom stereocenters. The summed E-state index contributed by atoms with van der Waals surface area (Å²) >= 11 is 0. The quantitative estimate of drug-likeness (QED) is 0.612. The first-order valence-electron chi connectivity index (χ1n) is 2.67. The number of hydrogen-bond acceptors (Lipinski definition) is 1. The Bertz CT molecular complexity index is 151. The summed E-state index contributed by atoms with van der Waals surface area (Å²) in [5.74, 6) is 0. The van der Waals surface area contributed by atoms with Crippen molar-refractivity contribution >= 4 is 0 Å². The second-order valence-corrected chi connectivity index (χ2v) is 1.69. The first kappa shape index (κ1) is 22.7. The maximum Gasteiger partial charge on any atom is 3.00 e. The predicted molar refractivity (Wildman–Crippen MR) is 53.6 cm³/mol. The van der Waals surface area contributed by atoms with E-state index in [1.807, 2.05) is 30.3 Å². The maximum absolute atomic E-state index is 5.35. The van der Waals surface area contributed by atoms with E-state index in [0.717, 1.165) is 0 Å². The summed E-state index contributed by atoms with van der Waals surface area (Å²) in [6, 6.07) is 9.99. The van der Waals surface area contributed by atoms with Crippen LogP contribution in [-0.4, -0.2) is 0 Å². The number of nitrogens with two attached hydrogens (primary N) is 1. The minimum atomic E-state index is 0. The summed E-state index contributed by atoms with van der Waals surface area (Å²) in [5.41, 5.74) is 6.54. The van der Waals surface area contributed by atoms with Crippen LogP contribution >= 0.6 is 0 Å². The molecule has 0 bridgehead atoms. The van der Waals surface area contributed by atoms with Gasteiger partial charge in [-0.3, -0.25) is 0 Å². The van der Waals surface area contributed by atoms with Crippen molar-refractivity contribution < 1.29 is 22.4 Å². The standard InChI is InChI=1S/C7H9N.3CH3.Au/c8-6-7-4-2-1-3-5-7;;;;/h1-5H,6,8H2;3*1H3;/q;3*-1;+3. The van der Waals surface area contributed by atoms with Gasteiger partial charge in [-0.05, 0) is 5.56 Å². The Balaban J connectivity index is -0.0000000800. The second-order valence-electron chi connectivity index (χ2n) is 1.69. The van der Waals surface area contributed by atoms with Gasteiger partial charge >= 0.3 is 22.4 Å². The van der Waals surface area contributed by atoms with E-state index in [1.165, 1.54) is 5.56 Å². The van der Waals surface area contributed by atoms with Crippen LogP contribution in [-0.2, 0) is 28.9 Å². The summed E-state index contributed by atoms with van der Waals surface area (Å²) in [6.07, 6.45) is 0. The third-order valence-corrected chi connectivity index (χ3v) is 1.08. The molecule has 0 saturated heterocycles. The fourth-order valence-corrected chi connectivity index (χ4v) is 0.614. The molecule has 0 spiro atoms. The van der Waals surface area contributed by atoms with Gasteiger partial charge in [-0.2, -0.15) is 0 Å². The molecule has 0 aromatic heterocycles. The Morgan fingerprint density at radius 2 is 1.33 bits per heavy atom. The molecule has 0 radical (unpaired) electrons. The van der Waals surface area contributed by atoms with Gasteiger partial charge in [0.25, 0.3) is 0 Å². The molecule has 1 aromatic rings. The van der Waals surface area contributed by atoms with Crippen molar-refractivity contribution in [1.82, 2.24) is 0 Å². The van der Waals surface area contributed by atoms with Gasteiger partial charge in [0.2, 0.25) is 0 Å². The van der Waals surface area contributed by atoms with Crippen LogP contribution in [0.1, 0.15) is 5.56 Å². The van der Waals surface area contributed by atoms with Crippen LogP contribution in [0.3, 0.4) is 0 Å². The smallest absolute Gasteiger partial charge is 0.358 e. The molecule has 0 fully saturated rings. The van der Waals surface area contributed by atoms with Crippen LogP contribution < -0.4 is 5.73 Å².